The maximum absolute atomic E-state index is 10.3. The molecule has 1 aromatic rings. The third kappa shape index (κ3) is 1.72. The van der Waals surface area contributed by atoms with Gasteiger partial charge in [0, 0.05) is 6.42 Å². The van der Waals surface area contributed by atoms with Crippen LogP contribution in [0.1, 0.15) is 36.3 Å². The lowest BCUT2D eigenvalue weighted by molar-refractivity contribution is -0.109. The Balaban J connectivity index is 1.99. The molecule has 1 aliphatic carbocycles. The molecule has 1 fully saturated rings. The molecule has 74 valence electrons. The first-order valence-electron chi connectivity index (χ1n) is 5.30. The average molecular weight is 188 g/mol. The van der Waals surface area contributed by atoms with Crippen molar-refractivity contribution < 1.29 is 4.79 Å². The molecule has 0 radical (unpaired) electrons. The summed E-state index contributed by atoms with van der Waals surface area (Å²) in [6, 6.07) is 8.58. The predicted octanol–water partition coefficient (Wildman–Crippen LogP) is 3.08. The number of aryl methyl sites for hydroxylation is 1. The summed E-state index contributed by atoms with van der Waals surface area (Å²) in [5.74, 6) is 1.36. The van der Waals surface area contributed by atoms with Crippen molar-refractivity contribution in [3.05, 3.63) is 35.4 Å². The summed E-state index contributed by atoms with van der Waals surface area (Å²) in [4.78, 5) is 10.3. The molecule has 0 N–H and O–H groups in total. The minimum absolute atomic E-state index is 0.650. The first-order valence-corrected chi connectivity index (χ1v) is 5.30. The van der Waals surface area contributed by atoms with Gasteiger partial charge in [-0.3, -0.25) is 0 Å². The van der Waals surface area contributed by atoms with E-state index in [1.54, 1.807) is 0 Å². The standard InChI is InChI=1S/C13H16O/c1-10-4-2-3-5-13(10)12-8-11(9-12)6-7-14/h2-5,7,11-12H,6,8-9H2,1H3. The molecule has 0 amide bonds. The summed E-state index contributed by atoms with van der Waals surface area (Å²) in [6.45, 7) is 2.17. The lowest BCUT2D eigenvalue weighted by atomic mass is 9.69. The molecule has 0 saturated heterocycles. The molecule has 1 aliphatic rings. The Morgan fingerprint density at radius 3 is 2.71 bits per heavy atom. The predicted molar refractivity (Wildman–Crippen MR) is 57.3 cm³/mol. The fraction of sp³-hybridized carbons (Fsp3) is 0.462. The van der Waals surface area contributed by atoms with E-state index in [4.69, 9.17) is 0 Å². The van der Waals surface area contributed by atoms with Crippen LogP contribution < -0.4 is 0 Å². The van der Waals surface area contributed by atoms with Gasteiger partial charge in [0.15, 0.2) is 0 Å². The first kappa shape index (κ1) is 9.45. The van der Waals surface area contributed by atoms with Gasteiger partial charge in [0.25, 0.3) is 0 Å². The summed E-state index contributed by atoms with van der Waals surface area (Å²) >= 11 is 0. The number of carbonyl (C=O) groups is 1. The largest absolute Gasteiger partial charge is 0.303 e. The Kier molecular flexibility index (Phi) is 2.67. The van der Waals surface area contributed by atoms with Crippen LogP contribution in [0.25, 0.3) is 0 Å². The van der Waals surface area contributed by atoms with Crippen LogP contribution in [-0.2, 0) is 4.79 Å². The Bertz CT molecular complexity index is 324. The van der Waals surface area contributed by atoms with E-state index in [1.807, 2.05) is 0 Å². The van der Waals surface area contributed by atoms with Gasteiger partial charge in [0.05, 0.1) is 0 Å². The Morgan fingerprint density at radius 2 is 2.07 bits per heavy atom. The van der Waals surface area contributed by atoms with Gasteiger partial charge in [-0.2, -0.15) is 0 Å². The van der Waals surface area contributed by atoms with E-state index >= 15 is 0 Å². The summed E-state index contributed by atoms with van der Waals surface area (Å²) < 4.78 is 0. The van der Waals surface area contributed by atoms with Gasteiger partial charge in [-0.1, -0.05) is 24.3 Å². The highest BCUT2D eigenvalue weighted by molar-refractivity contribution is 5.50. The van der Waals surface area contributed by atoms with Crippen molar-refractivity contribution in [1.82, 2.24) is 0 Å². The smallest absolute Gasteiger partial charge is 0.120 e. The normalized spacial score (nSPS) is 25.5. The zero-order valence-corrected chi connectivity index (χ0v) is 8.57. The molecular weight excluding hydrogens is 172 g/mol. The number of benzene rings is 1. The van der Waals surface area contributed by atoms with Crippen molar-refractivity contribution in [1.29, 1.82) is 0 Å². The third-order valence-electron chi connectivity index (χ3n) is 3.29. The molecule has 14 heavy (non-hydrogen) atoms. The third-order valence-corrected chi connectivity index (χ3v) is 3.29. The van der Waals surface area contributed by atoms with E-state index in [0.29, 0.717) is 11.8 Å². The number of carbonyl (C=O) groups excluding carboxylic acids is 1. The van der Waals surface area contributed by atoms with E-state index in [0.717, 1.165) is 12.7 Å². The zero-order valence-electron chi connectivity index (χ0n) is 8.57. The monoisotopic (exact) mass is 188 g/mol. The van der Waals surface area contributed by atoms with Gasteiger partial charge in [-0.25, -0.2) is 0 Å². The quantitative estimate of drug-likeness (QED) is 0.666. The van der Waals surface area contributed by atoms with Crippen LogP contribution in [-0.4, -0.2) is 6.29 Å². The number of hydrogen-bond donors (Lipinski definition) is 0. The zero-order chi connectivity index (χ0) is 9.97. The first-order chi connectivity index (χ1) is 6.81. The van der Waals surface area contributed by atoms with Gasteiger partial charge >= 0.3 is 0 Å². The molecule has 0 bridgehead atoms. The molecule has 0 unspecified atom stereocenters. The molecule has 0 aliphatic heterocycles. The molecule has 1 aromatic carbocycles. The highest BCUT2D eigenvalue weighted by Gasteiger charge is 2.30. The molecule has 1 heteroatoms. The average Bonchev–Trinajstić information content (AvgIpc) is 2.12. The van der Waals surface area contributed by atoms with Crippen molar-refractivity contribution in [3.63, 3.8) is 0 Å². The van der Waals surface area contributed by atoms with Crippen molar-refractivity contribution in [2.24, 2.45) is 5.92 Å². The lowest BCUT2D eigenvalue weighted by Crippen LogP contribution is -2.22. The maximum Gasteiger partial charge on any atom is 0.120 e. The molecular formula is C13H16O. The van der Waals surface area contributed by atoms with Crippen molar-refractivity contribution >= 4 is 6.29 Å². The fourth-order valence-electron chi connectivity index (χ4n) is 2.36. The Morgan fingerprint density at radius 1 is 1.36 bits per heavy atom. The maximum atomic E-state index is 10.3. The second kappa shape index (κ2) is 3.95. The van der Waals surface area contributed by atoms with Gasteiger partial charge in [-0.05, 0) is 42.7 Å². The number of hydrogen-bond acceptors (Lipinski definition) is 1. The van der Waals surface area contributed by atoms with Crippen LogP contribution in [0.15, 0.2) is 24.3 Å². The highest BCUT2D eigenvalue weighted by Crippen LogP contribution is 2.43. The van der Waals surface area contributed by atoms with Gasteiger partial charge < -0.3 is 4.79 Å². The van der Waals surface area contributed by atoms with Crippen LogP contribution in [0, 0.1) is 12.8 Å². The summed E-state index contributed by atoms with van der Waals surface area (Å²) in [5, 5.41) is 0. The molecule has 0 heterocycles. The van der Waals surface area contributed by atoms with Gasteiger partial charge in [0.2, 0.25) is 0 Å². The van der Waals surface area contributed by atoms with Crippen molar-refractivity contribution in [3.8, 4) is 0 Å². The molecule has 1 nitrogen and oxygen atoms in total. The highest BCUT2D eigenvalue weighted by atomic mass is 16.1. The molecule has 1 saturated carbocycles. The Hall–Kier alpha value is -1.11. The van der Waals surface area contributed by atoms with E-state index in [1.165, 1.54) is 24.0 Å². The van der Waals surface area contributed by atoms with Crippen LogP contribution in [0.5, 0.6) is 0 Å². The lowest BCUT2D eigenvalue weighted by Gasteiger charge is -2.35. The van der Waals surface area contributed by atoms with E-state index in [9.17, 15) is 4.79 Å². The minimum Gasteiger partial charge on any atom is -0.303 e. The van der Waals surface area contributed by atoms with Crippen LogP contribution >= 0.6 is 0 Å². The van der Waals surface area contributed by atoms with Crippen LogP contribution in [0.4, 0.5) is 0 Å². The second-order valence-electron chi connectivity index (χ2n) is 4.29. The summed E-state index contributed by atoms with van der Waals surface area (Å²) in [5.41, 5.74) is 2.87. The van der Waals surface area contributed by atoms with Crippen molar-refractivity contribution in [2.75, 3.05) is 0 Å². The van der Waals surface area contributed by atoms with E-state index < -0.39 is 0 Å². The number of rotatable bonds is 3. The minimum atomic E-state index is 0.650. The molecule has 0 atom stereocenters. The fourth-order valence-corrected chi connectivity index (χ4v) is 2.36. The molecule has 0 aromatic heterocycles. The van der Waals surface area contributed by atoms with Gasteiger partial charge in [0.1, 0.15) is 6.29 Å². The van der Waals surface area contributed by atoms with Crippen molar-refractivity contribution in [2.45, 2.75) is 32.1 Å². The van der Waals surface area contributed by atoms with Crippen LogP contribution in [0.3, 0.4) is 0 Å². The SMILES string of the molecule is Cc1ccccc1C1CC(CC=O)C1. The molecule has 2 rings (SSSR count). The summed E-state index contributed by atoms with van der Waals surface area (Å²) in [7, 11) is 0. The second-order valence-corrected chi connectivity index (χ2v) is 4.29. The number of aldehydes is 1. The van der Waals surface area contributed by atoms with E-state index in [-0.39, 0.29) is 0 Å². The Labute approximate surface area is 85.1 Å². The van der Waals surface area contributed by atoms with E-state index in [2.05, 4.69) is 31.2 Å². The van der Waals surface area contributed by atoms with Crippen LogP contribution in [0.2, 0.25) is 0 Å². The topological polar surface area (TPSA) is 17.1 Å². The molecule has 0 spiro atoms. The summed E-state index contributed by atoms with van der Waals surface area (Å²) in [6.07, 6.45) is 4.20. The van der Waals surface area contributed by atoms with Gasteiger partial charge in [-0.15, -0.1) is 0 Å².